The Labute approximate surface area is 189 Å². The Morgan fingerprint density at radius 2 is 1.53 bits per heavy atom. The zero-order valence-corrected chi connectivity index (χ0v) is 20.0. The maximum absolute atomic E-state index is 13.5. The van der Waals surface area contributed by atoms with Crippen molar-refractivity contribution in [2.75, 3.05) is 28.3 Å². The summed E-state index contributed by atoms with van der Waals surface area (Å²) in [5.74, 6) is -1.87. The minimum Gasteiger partial charge on any atom is -0.497 e. The highest BCUT2D eigenvalue weighted by molar-refractivity contribution is 7.89. The third-order valence-electron chi connectivity index (χ3n) is 5.31. The van der Waals surface area contributed by atoms with Gasteiger partial charge < -0.3 is 14.4 Å². The standard InChI is InChI=1S/C23H30N2O6S/c1-17(2)23(21(26)24(3)4,22(27)31-16-18-10-8-7-9-11-18)25(5)32(28,29)20-14-12-19(30-6)13-15-20/h7-15,17H,16H2,1-6H3. The van der Waals surface area contributed by atoms with Gasteiger partial charge in [-0.1, -0.05) is 44.2 Å². The molecule has 0 spiro atoms. The van der Waals surface area contributed by atoms with E-state index in [0.29, 0.717) is 5.75 Å². The Balaban J connectivity index is 2.55. The Hall–Kier alpha value is -2.91. The van der Waals surface area contributed by atoms with Gasteiger partial charge in [-0.05, 0) is 35.7 Å². The molecule has 9 heteroatoms. The smallest absolute Gasteiger partial charge is 0.338 e. The first-order valence-electron chi connectivity index (χ1n) is 10.1. The lowest BCUT2D eigenvalue weighted by Gasteiger charge is -2.41. The molecule has 1 unspecified atom stereocenters. The number of rotatable bonds is 9. The van der Waals surface area contributed by atoms with Gasteiger partial charge in [0.2, 0.25) is 15.6 Å². The Bertz CT molecular complexity index is 1040. The number of carbonyl (C=O) groups is 2. The average Bonchev–Trinajstić information content (AvgIpc) is 2.78. The number of hydrogen-bond donors (Lipinski definition) is 0. The van der Waals surface area contributed by atoms with Crippen LogP contribution in [0.1, 0.15) is 19.4 Å². The topological polar surface area (TPSA) is 93.2 Å². The van der Waals surface area contributed by atoms with Crippen LogP contribution < -0.4 is 4.74 Å². The number of hydrogen-bond acceptors (Lipinski definition) is 6. The SMILES string of the molecule is COc1ccc(S(=O)(=O)N(C)C(C(=O)OCc2ccccc2)(C(=O)N(C)C)C(C)C)cc1. The molecule has 0 N–H and O–H groups in total. The second-order valence-electron chi connectivity index (χ2n) is 7.83. The van der Waals surface area contributed by atoms with Gasteiger partial charge in [-0.2, -0.15) is 4.31 Å². The van der Waals surface area contributed by atoms with E-state index in [0.717, 1.165) is 9.87 Å². The van der Waals surface area contributed by atoms with E-state index >= 15 is 0 Å². The quantitative estimate of drug-likeness (QED) is 0.420. The van der Waals surface area contributed by atoms with Crippen molar-refractivity contribution in [3.63, 3.8) is 0 Å². The van der Waals surface area contributed by atoms with E-state index in [2.05, 4.69) is 0 Å². The van der Waals surface area contributed by atoms with Crippen LogP contribution >= 0.6 is 0 Å². The van der Waals surface area contributed by atoms with Crippen molar-refractivity contribution in [2.24, 2.45) is 5.92 Å². The van der Waals surface area contributed by atoms with Crippen molar-refractivity contribution in [1.29, 1.82) is 0 Å². The summed E-state index contributed by atoms with van der Waals surface area (Å²) in [4.78, 5) is 28.0. The van der Waals surface area contributed by atoms with Crippen LogP contribution in [0.5, 0.6) is 5.75 Å². The Morgan fingerprint density at radius 3 is 2.00 bits per heavy atom. The lowest BCUT2D eigenvalue weighted by Crippen LogP contribution is -2.67. The third kappa shape index (κ3) is 4.78. The van der Waals surface area contributed by atoms with Crippen LogP contribution in [0.15, 0.2) is 59.5 Å². The molecule has 8 nitrogen and oxygen atoms in total. The molecule has 0 aliphatic heterocycles. The molecule has 32 heavy (non-hydrogen) atoms. The molecule has 0 radical (unpaired) electrons. The zero-order valence-electron chi connectivity index (χ0n) is 19.2. The molecule has 0 bridgehead atoms. The number of carbonyl (C=O) groups excluding carboxylic acids is 2. The third-order valence-corrected chi connectivity index (χ3v) is 7.18. The molecule has 0 aliphatic rings. The highest BCUT2D eigenvalue weighted by atomic mass is 32.2. The van der Waals surface area contributed by atoms with Gasteiger partial charge in [0.1, 0.15) is 12.4 Å². The van der Waals surface area contributed by atoms with E-state index < -0.39 is 33.4 Å². The average molecular weight is 463 g/mol. The number of benzene rings is 2. The second-order valence-corrected chi connectivity index (χ2v) is 9.80. The Morgan fingerprint density at radius 1 is 0.969 bits per heavy atom. The maximum atomic E-state index is 13.5. The number of nitrogens with zero attached hydrogens (tertiary/aromatic N) is 2. The van der Waals surface area contributed by atoms with Gasteiger partial charge in [-0.25, -0.2) is 13.2 Å². The highest BCUT2D eigenvalue weighted by Crippen LogP contribution is 2.33. The molecule has 174 valence electrons. The first-order chi connectivity index (χ1) is 15.0. The molecular formula is C23H30N2O6S. The molecule has 1 atom stereocenters. The monoisotopic (exact) mass is 462 g/mol. The van der Waals surface area contributed by atoms with E-state index in [1.165, 1.54) is 57.4 Å². The van der Waals surface area contributed by atoms with Crippen molar-refractivity contribution in [3.05, 3.63) is 60.2 Å². The molecule has 0 heterocycles. The fourth-order valence-electron chi connectivity index (χ4n) is 3.47. The fraction of sp³-hybridized carbons (Fsp3) is 0.391. The van der Waals surface area contributed by atoms with E-state index in [4.69, 9.17) is 9.47 Å². The number of ether oxygens (including phenoxy) is 2. The molecule has 0 aliphatic carbocycles. The van der Waals surface area contributed by atoms with Gasteiger partial charge >= 0.3 is 5.97 Å². The van der Waals surface area contributed by atoms with Crippen LogP contribution in [-0.2, 0) is 31.0 Å². The number of methoxy groups -OCH3 is 1. The van der Waals surface area contributed by atoms with Crippen LogP contribution in [0.4, 0.5) is 0 Å². The van der Waals surface area contributed by atoms with E-state index in [-0.39, 0.29) is 11.5 Å². The minimum absolute atomic E-state index is 0.0757. The molecule has 0 fully saturated rings. The summed E-state index contributed by atoms with van der Waals surface area (Å²) in [7, 11) is 1.39. The number of amides is 1. The Kier molecular flexibility index (Phi) is 8.03. The van der Waals surface area contributed by atoms with Crippen LogP contribution in [0.25, 0.3) is 0 Å². The molecule has 0 saturated heterocycles. The summed E-state index contributed by atoms with van der Waals surface area (Å²) >= 11 is 0. The molecule has 2 aromatic rings. The lowest BCUT2D eigenvalue weighted by molar-refractivity contribution is -0.167. The summed E-state index contributed by atoms with van der Waals surface area (Å²) in [5, 5.41) is 0. The summed E-state index contributed by atoms with van der Waals surface area (Å²) in [6.45, 7) is 3.14. The second kappa shape index (κ2) is 10.1. The summed E-state index contributed by atoms with van der Waals surface area (Å²) in [6, 6.07) is 14.7. The van der Waals surface area contributed by atoms with Gasteiger partial charge in [0.25, 0.3) is 5.91 Å². The van der Waals surface area contributed by atoms with Gasteiger partial charge in [-0.15, -0.1) is 0 Å². The summed E-state index contributed by atoms with van der Waals surface area (Å²) in [5.41, 5.74) is -1.38. The first kappa shape index (κ1) is 25.4. The minimum atomic E-state index is -4.24. The highest BCUT2D eigenvalue weighted by Gasteiger charge is 2.58. The predicted octanol–water partition coefficient (Wildman–Crippen LogP) is 2.54. The zero-order chi connectivity index (χ0) is 24.1. The largest absolute Gasteiger partial charge is 0.497 e. The van der Waals surface area contributed by atoms with Crippen LogP contribution in [-0.4, -0.2) is 63.3 Å². The van der Waals surface area contributed by atoms with Crippen molar-refractivity contribution < 1.29 is 27.5 Å². The van der Waals surface area contributed by atoms with Gasteiger partial charge in [0.15, 0.2) is 0 Å². The van der Waals surface area contributed by atoms with Gasteiger partial charge in [0, 0.05) is 21.1 Å². The van der Waals surface area contributed by atoms with E-state index in [1.807, 2.05) is 6.07 Å². The summed E-state index contributed by atoms with van der Waals surface area (Å²) < 4.78 is 38.4. The number of sulfonamides is 1. The normalized spacial score (nSPS) is 13.5. The molecular weight excluding hydrogens is 432 g/mol. The lowest BCUT2D eigenvalue weighted by atomic mass is 9.85. The van der Waals surface area contributed by atoms with Crippen molar-refractivity contribution >= 4 is 21.9 Å². The van der Waals surface area contributed by atoms with Crippen LogP contribution in [0.2, 0.25) is 0 Å². The van der Waals surface area contributed by atoms with Gasteiger partial charge in [-0.3, -0.25) is 4.79 Å². The van der Waals surface area contributed by atoms with Crippen molar-refractivity contribution in [2.45, 2.75) is 30.9 Å². The first-order valence-corrected chi connectivity index (χ1v) is 11.5. The molecule has 0 saturated carbocycles. The fourth-order valence-corrected chi connectivity index (χ4v) is 5.01. The van der Waals surface area contributed by atoms with Crippen LogP contribution in [0, 0.1) is 5.92 Å². The van der Waals surface area contributed by atoms with Crippen molar-refractivity contribution in [1.82, 2.24) is 9.21 Å². The molecule has 0 aromatic heterocycles. The van der Waals surface area contributed by atoms with Gasteiger partial charge in [0.05, 0.1) is 12.0 Å². The van der Waals surface area contributed by atoms with Crippen LogP contribution in [0.3, 0.4) is 0 Å². The van der Waals surface area contributed by atoms with E-state index in [9.17, 15) is 18.0 Å². The predicted molar refractivity (Wildman–Crippen MR) is 120 cm³/mol. The molecule has 1 amide bonds. The molecule has 2 rings (SSSR count). The number of esters is 1. The molecule has 2 aromatic carbocycles. The summed E-state index contributed by atoms with van der Waals surface area (Å²) in [6.07, 6.45) is 0. The number of likely N-dealkylation sites (N-methyl/N-ethyl adjacent to an activating group) is 2. The van der Waals surface area contributed by atoms with E-state index in [1.54, 1.807) is 38.1 Å². The van der Waals surface area contributed by atoms with Crippen molar-refractivity contribution in [3.8, 4) is 5.75 Å². The maximum Gasteiger partial charge on any atom is 0.338 e.